The number of methoxy groups -OCH3 is 1. The molecule has 1 aromatic carbocycles. The predicted octanol–water partition coefficient (Wildman–Crippen LogP) is 3.03. The fourth-order valence-corrected chi connectivity index (χ4v) is 2.50. The molecule has 16 heavy (non-hydrogen) atoms. The summed E-state index contributed by atoms with van der Waals surface area (Å²) in [4.78, 5) is 0. The summed E-state index contributed by atoms with van der Waals surface area (Å²) in [7, 11) is 1.77. The van der Waals surface area contributed by atoms with E-state index in [1.807, 2.05) is 12.1 Å². The first-order chi connectivity index (χ1) is 7.79. The highest BCUT2D eigenvalue weighted by Gasteiger charge is 2.21. The van der Waals surface area contributed by atoms with Gasteiger partial charge < -0.3 is 10.1 Å². The van der Waals surface area contributed by atoms with Gasteiger partial charge in [-0.2, -0.15) is 0 Å². The number of nitrogens with one attached hydrogen (secondary N) is 1. The molecule has 88 valence electrons. The van der Waals surface area contributed by atoms with Gasteiger partial charge in [0.25, 0.3) is 0 Å². The molecule has 2 unspecified atom stereocenters. The van der Waals surface area contributed by atoms with E-state index < -0.39 is 0 Å². The van der Waals surface area contributed by atoms with E-state index in [9.17, 15) is 0 Å². The van der Waals surface area contributed by atoms with Crippen molar-refractivity contribution in [1.29, 1.82) is 0 Å². The Kier molecular flexibility index (Phi) is 4.22. The summed E-state index contributed by atoms with van der Waals surface area (Å²) in [6, 6.07) is 8.57. The zero-order valence-corrected chi connectivity index (χ0v) is 10.3. The third kappa shape index (κ3) is 2.97. The van der Waals surface area contributed by atoms with Gasteiger partial charge >= 0.3 is 0 Å². The minimum Gasteiger partial charge on any atom is -0.384 e. The quantitative estimate of drug-likeness (QED) is 0.876. The van der Waals surface area contributed by atoms with E-state index in [-0.39, 0.29) is 0 Å². The molecular weight excluding hydrogens is 222 g/mol. The lowest BCUT2D eigenvalue weighted by Gasteiger charge is -2.29. The summed E-state index contributed by atoms with van der Waals surface area (Å²) in [6.45, 7) is 1.89. The van der Waals surface area contributed by atoms with Gasteiger partial charge in [0, 0.05) is 24.7 Å². The highest BCUT2D eigenvalue weighted by Crippen LogP contribution is 2.27. The van der Waals surface area contributed by atoms with Crippen molar-refractivity contribution >= 4 is 11.6 Å². The first kappa shape index (κ1) is 11.9. The molecule has 0 saturated carbocycles. The number of piperidine rings is 1. The molecule has 2 rings (SSSR count). The topological polar surface area (TPSA) is 21.3 Å². The molecule has 1 aliphatic rings. The van der Waals surface area contributed by atoms with Crippen LogP contribution in [-0.4, -0.2) is 20.3 Å². The Morgan fingerprint density at radius 1 is 1.44 bits per heavy atom. The molecule has 1 N–H and O–H groups in total. The molecule has 1 aliphatic heterocycles. The average molecular weight is 240 g/mol. The highest BCUT2D eigenvalue weighted by atomic mass is 35.5. The van der Waals surface area contributed by atoms with Crippen LogP contribution < -0.4 is 5.32 Å². The zero-order valence-electron chi connectivity index (χ0n) is 9.58. The molecule has 1 aromatic rings. The van der Waals surface area contributed by atoms with Gasteiger partial charge in [-0.25, -0.2) is 0 Å². The molecule has 0 aromatic heterocycles. The second-order valence-corrected chi connectivity index (χ2v) is 4.85. The van der Waals surface area contributed by atoms with Crippen molar-refractivity contribution in [2.45, 2.75) is 18.9 Å². The van der Waals surface area contributed by atoms with Crippen LogP contribution in [0, 0.1) is 5.92 Å². The minimum absolute atomic E-state index is 0.451. The van der Waals surface area contributed by atoms with E-state index in [4.69, 9.17) is 16.3 Å². The van der Waals surface area contributed by atoms with E-state index in [0.29, 0.717) is 12.0 Å². The van der Waals surface area contributed by atoms with Gasteiger partial charge in [0.1, 0.15) is 0 Å². The molecule has 1 heterocycles. The summed E-state index contributed by atoms with van der Waals surface area (Å²) in [5.74, 6) is 0.653. The Hall–Kier alpha value is -0.570. The Labute approximate surface area is 102 Å². The second-order valence-electron chi connectivity index (χ2n) is 4.41. The standard InChI is InChI=1S/C13H18ClNO/c1-16-9-10-5-6-13(15-8-10)11-3-2-4-12(14)7-11/h2-4,7,10,13,15H,5-6,8-9H2,1H3. The maximum atomic E-state index is 5.99. The van der Waals surface area contributed by atoms with Gasteiger partial charge in [-0.3, -0.25) is 0 Å². The zero-order chi connectivity index (χ0) is 11.4. The molecule has 3 heteroatoms. The summed E-state index contributed by atoms with van der Waals surface area (Å²) < 4.78 is 5.18. The maximum absolute atomic E-state index is 5.99. The number of halogens is 1. The number of hydrogen-bond donors (Lipinski definition) is 1. The molecule has 0 bridgehead atoms. The molecule has 2 nitrogen and oxygen atoms in total. The molecule has 2 atom stereocenters. The van der Waals surface area contributed by atoms with Crippen LogP contribution in [0.2, 0.25) is 5.02 Å². The number of ether oxygens (including phenoxy) is 1. The van der Waals surface area contributed by atoms with Crippen LogP contribution in [0.5, 0.6) is 0 Å². The summed E-state index contributed by atoms with van der Waals surface area (Å²) in [5, 5.41) is 4.38. The van der Waals surface area contributed by atoms with Crippen LogP contribution in [-0.2, 0) is 4.74 Å². The SMILES string of the molecule is COCC1CCC(c2cccc(Cl)c2)NC1. The van der Waals surface area contributed by atoms with E-state index in [0.717, 1.165) is 24.6 Å². The molecule has 1 saturated heterocycles. The molecular formula is C13H18ClNO. The van der Waals surface area contributed by atoms with Gasteiger partial charge in [0.2, 0.25) is 0 Å². The van der Waals surface area contributed by atoms with Crippen LogP contribution >= 0.6 is 11.6 Å². The summed E-state index contributed by atoms with van der Waals surface area (Å²) >= 11 is 5.99. The smallest absolute Gasteiger partial charge is 0.0502 e. The number of rotatable bonds is 3. The summed E-state index contributed by atoms with van der Waals surface area (Å²) in [6.07, 6.45) is 2.38. The first-order valence-corrected chi connectivity index (χ1v) is 6.15. The van der Waals surface area contributed by atoms with E-state index in [2.05, 4.69) is 17.4 Å². The van der Waals surface area contributed by atoms with E-state index in [1.54, 1.807) is 7.11 Å². The fraction of sp³-hybridized carbons (Fsp3) is 0.538. The molecule has 0 spiro atoms. The van der Waals surface area contributed by atoms with Gasteiger partial charge in [-0.1, -0.05) is 23.7 Å². The van der Waals surface area contributed by atoms with Crippen LogP contribution in [0.4, 0.5) is 0 Å². The molecule has 0 radical (unpaired) electrons. The Balaban J connectivity index is 1.94. The van der Waals surface area contributed by atoms with Crippen molar-refractivity contribution in [3.8, 4) is 0 Å². The van der Waals surface area contributed by atoms with Crippen molar-refractivity contribution in [2.75, 3.05) is 20.3 Å². The lowest BCUT2D eigenvalue weighted by molar-refractivity contribution is 0.129. The third-order valence-electron chi connectivity index (χ3n) is 3.17. The van der Waals surface area contributed by atoms with Gasteiger partial charge in [0.15, 0.2) is 0 Å². The lowest BCUT2D eigenvalue weighted by atomic mass is 9.91. The fourth-order valence-electron chi connectivity index (χ4n) is 2.30. The van der Waals surface area contributed by atoms with Gasteiger partial charge in [0.05, 0.1) is 6.61 Å². The second kappa shape index (κ2) is 5.67. The third-order valence-corrected chi connectivity index (χ3v) is 3.41. The Bertz CT molecular complexity index is 334. The number of benzene rings is 1. The van der Waals surface area contributed by atoms with Crippen molar-refractivity contribution < 1.29 is 4.74 Å². The monoisotopic (exact) mass is 239 g/mol. The van der Waals surface area contributed by atoms with Crippen molar-refractivity contribution in [2.24, 2.45) is 5.92 Å². The Morgan fingerprint density at radius 3 is 2.94 bits per heavy atom. The van der Waals surface area contributed by atoms with Crippen LogP contribution in [0.3, 0.4) is 0 Å². The maximum Gasteiger partial charge on any atom is 0.0502 e. The van der Waals surface area contributed by atoms with Crippen molar-refractivity contribution in [3.05, 3.63) is 34.9 Å². The van der Waals surface area contributed by atoms with Crippen molar-refractivity contribution in [3.63, 3.8) is 0 Å². The number of hydrogen-bond acceptors (Lipinski definition) is 2. The van der Waals surface area contributed by atoms with E-state index >= 15 is 0 Å². The first-order valence-electron chi connectivity index (χ1n) is 5.77. The van der Waals surface area contributed by atoms with Crippen molar-refractivity contribution in [1.82, 2.24) is 5.32 Å². The van der Waals surface area contributed by atoms with Crippen LogP contribution in [0.1, 0.15) is 24.4 Å². The van der Waals surface area contributed by atoms with Crippen LogP contribution in [0.25, 0.3) is 0 Å². The van der Waals surface area contributed by atoms with Crippen LogP contribution in [0.15, 0.2) is 24.3 Å². The van der Waals surface area contributed by atoms with Gasteiger partial charge in [-0.05, 0) is 36.5 Å². The normalized spacial score (nSPS) is 25.6. The average Bonchev–Trinajstić information content (AvgIpc) is 2.30. The molecule has 0 amide bonds. The highest BCUT2D eigenvalue weighted by molar-refractivity contribution is 6.30. The lowest BCUT2D eigenvalue weighted by Crippen LogP contribution is -2.35. The van der Waals surface area contributed by atoms with Gasteiger partial charge in [-0.15, -0.1) is 0 Å². The van der Waals surface area contributed by atoms with E-state index in [1.165, 1.54) is 12.0 Å². The molecule has 1 fully saturated rings. The molecule has 0 aliphatic carbocycles. The summed E-state index contributed by atoms with van der Waals surface area (Å²) in [5.41, 5.74) is 1.29. The largest absolute Gasteiger partial charge is 0.384 e. The predicted molar refractivity (Wildman–Crippen MR) is 66.8 cm³/mol. The Morgan fingerprint density at radius 2 is 2.31 bits per heavy atom. The minimum atomic E-state index is 0.451.